The van der Waals surface area contributed by atoms with Crippen molar-refractivity contribution < 1.29 is 22.7 Å². The average Bonchev–Trinajstić information content (AvgIpc) is 2.96. The molecule has 2 fully saturated rings. The number of carbonyl (C=O) groups excluding carboxylic acids is 1. The summed E-state index contributed by atoms with van der Waals surface area (Å²) in [5.74, 6) is -0.459. The zero-order valence-electron chi connectivity index (χ0n) is 14.4. The van der Waals surface area contributed by atoms with Crippen LogP contribution >= 0.6 is 0 Å². The second kappa shape index (κ2) is 7.04. The molecule has 0 aromatic heterocycles. The number of piperidine rings is 1. The smallest absolute Gasteiger partial charge is 0.325 e. The van der Waals surface area contributed by atoms with E-state index in [-0.39, 0.29) is 6.10 Å². The van der Waals surface area contributed by atoms with Crippen molar-refractivity contribution in [3.05, 3.63) is 0 Å². The van der Waals surface area contributed by atoms with E-state index in [4.69, 9.17) is 9.47 Å². The van der Waals surface area contributed by atoms with E-state index in [0.717, 1.165) is 12.8 Å². The maximum Gasteiger partial charge on any atom is 0.325 e. The van der Waals surface area contributed by atoms with Crippen molar-refractivity contribution in [2.24, 2.45) is 0 Å². The van der Waals surface area contributed by atoms with Crippen molar-refractivity contribution >= 4 is 16.2 Å². The Morgan fingerprint density at radius 3 is 2.39 bits per heavy atom. The van der Waals surface area contributed by atoms with Gasteiger partial charge in [0.2, 0.25) is 0 Å². The van der Waals surface area contributed by atoms with E-state index in [1.165, 1.54) is 8.61 Å². The average molecular weight is 348 g/mol. The Morgan fingerprint density at radius 1 is 1.13 bits per heavy atom. The van der Waals surface area contributed by atoms with Gasteiger partial charge in [0.15, 0.2) is 0 Å². The van der Waals surface area contributed by atoms with Crippen molar-refractivity contribution in [2.45, 2.75) is 64.2 Å². The van der Waals surface area contributed by atoms with Gasteiger partial charge in [-0.3, -0.25) is 4.79 Å². The molecule has 0 aromatic rings. The van der Waals surface area contributed by atoms with Gasteiger partial charge in [0.25, 0.3) is 10.2 Å². The summed E-state index contributed by atoms with van der Waals surface area (Å²) in [6.07, 6.45) is 2.72. The van der Waals surface area contributed by atoms with Crippen LogP contribution in [0.5, 0.6) is 0 Å². The largest absolute Gasteiger partial charge is 0.459 e. The lowest BCUT2D eigenvalue weighted by Crippen LogP contribution is -2.53. The lowest BCUT2D eigenvalue weighted by atomic mass is 10.1. The summed E-state index contributed by atoms with van der Waals surface area (Å²) in [7, 11) is -2.07. The molecule has 2 heterocycles. The van der Waals surface area contributed by atoms with Crippen LogP contribution in [-0.4, -0.2) is 67.5 Å². The minimum Gasteiger partial charge on any atom is -0.459 e. The van der Waals surface area contributed by atoms with E-state index >= 15 is 0 Å². The van der Waals surface area contributed by atoms with Gasteiger partial charge in [-0.05, 0) is 46.5 Å². The van der Waals surface area contributed by atoms with Crippen LogP contribution in [0.4, 0.5) is 0 Å². The predicted molar refractivity (Wildman–Crippen MR) is 86.1 cm³/mol. The summed E-state index contributed by atoms with van der Waals surface area (Å²) >= 11 is 0. The maximum atomic E-state index is 12.9. The number of rotatable bonds is 4. The molecular formula is C15H28N2O5S. The first-order valence-electron chi connectivity index (χ1n) is 8.18. The van der Waals surface area contributed by atoms with E-state index in [2.05, 4.69) is 0 Å². The van der Waals surface area contributed by atoms with Crippen LogP contribution in [0.2, 0.25) is 0 Å². The van der Waals surface area contributed by atoms with Gasteiger partial charge in [0.05, 0.1) is 6.10 Å². The number of methoxy groups -OCH3 is 1. The van der Waals surface area contributed by atoms with Crippen LogP contribution in [-0.2, 0) is 24.5 Å². The van der Waals surface area contributed by atoms with E-state index in [1.807, 2.05) is 0 Å². The minimum atomic E-state index is -3.67. The van der Waals surface area contributed by atoms with Crippen LogP contribution in [0, 0.1) is 0 Å². The van der Waals surface area contributed by atoms with E-state index in [0.29, 0.717) is 32.5 Å². The Balaban J connectivity index is 2.13. The molecule has 0 radical (unpaired) electrons. The summed E-state index contributed by atoms with van der Waals surface area (Å²) in [5.41, 5.74) is -0.624. The zero-order chi connectivity index (χ0) is 17.3. The zero-order valence-corrected chi connectivity index (χ0v) is 15.3. The van der Waals surface area contributed by atoms with Gasteiger partial charge in [0.1, 0.15) is 11.6 Å². The highest BCUT2D eigenvalue weighted by Gasteiger charge is 2.44. The fourth-order valence-electron chi connectivity index (χ4n) is 3.08. The molecule has 2 aliphatic heterocycles. The molecule has 134 valence electrons. The molecular weight excluding hydrogens is 320 g/mol. The van der Waals surface area contributed by atoms with Crippen molar-refractivity contribution in [3.63, 3.8) is 0 Å². The Bertz CT molecular complexity index is 528. The molecule has 0 unspecified atom stereocenters. The first-order valence-corrected chi connectivity index (χ1v) is 9.57. The molecule has 0 aliphatic carbocycles. The van der Waals surface area contributed by atoms with Gasteiger partial charge in [-0.1, -0.05) is 0 Å². The standard InChI is InChI=1S/C15H28N2O5S/c1-15(2,3)22-14(18)13-8-6-10-17(13)23(19,20)16-9-5-7-12(11-16)21-4/h12-13H,5-11H2,1-4H3/t12-,13-/m0/s1. The number of carbonyl (C=O) groups is 1. The highest BCUT2D eigenvalue weighted by molar-refractivity contribution is 7.86. The maximum absolute atomic E-state index is 12.9. The topological polar surface area (TPSA) is 76.2 Å². The summed E-state index contributed by atoms with van der Waals surface area (Å²) in [5, 5.41) is 0. The predicted octanol–water partition coefficient (Wildman–Crippen LogP) is 1.15. The molecule has 0 bridgehead atoms. The molecule has 2 saturated heterocycles. The second-order valence-electron chi connectivity index (χ2n) is 7.17. The Labute approximate surface area is 139 Å². The van der Waals surface area contributed by atoms with Crippen LogP contribution in [0.25, 0.3) is 0 Å². The summed E-state index contributed by atoms with van der Waals surface area (Å²) in [4.78, 5) is 12.3. The third kappa shape index (κ3) is 4.43. The monoisotopic (exact) mass is 348 g/mol. The fraction of sp³-hybridized carbons (Fsp3) is 0.933. The SMILES string of the molecule is CO[C@H]1CCCN(S(=O)(=O)N2CCC[C@H]2C(=O)OC(C)(C)C)C1. The highest BCUT2D eigenvalue weighted by Crippen LogP contribution is 2.27. The summed E-state index contributed by atoms with van der Waals surface area (Å²) in [6.45, 7) is 6.53. The van der Waals surface area contributed by atoms with E-state index in [1.54, 1.807) is 27.9 Å². The van der Waals surface area contributed by atoms with Gasteiger partial charge in [-0.25, -0.2) is 0 Å². The molecule has 23 heavy (non-hydrogen) atoms. The molecule has 0 aromatic carbocycles. The first kappa shape index (κ1) is 18.6. The summed E-state index contributed by atoms with van der Waals surface area (Å²) in [6, 6.07) is -0.720. The molecule has 8 heteroatoms. The highest BCUT2D eigenvalue weighted by atomic mass is 32.2. The molecule has 0 spiro atoms. The molecule has 2 aliphatic rings. The molecule has 2 rings (SSSR count). The van der Waals surface area contributed by atoms with E-state index in [9.17, 15) is 13.2 Å². The third-order valence-corrected chi connectivity index (χ3v) is 6.19. The van der Waals surface area contributed by atoms with Crippen LogP contribution in [0.1, 0.15) is 46.5 Å². The molecule has 7 nitrogen and oxygen atoms in total. The minimum absolute atomic E-state index is 0.0823. The lowest BCUT2D eigenvalue weighted by molar-refractivity contribution is -0.158. The third-order valence-electron chi connectivity index (χ3n) is 4.18. The number of ether oxygens (including phenoxy) is 2. The Kier molecular flexibility index (Phi) is 5.71. The van der Waals surface area contributed by atoms with Gasteiger partial charge >= 0.3 is 5.97 Å². The quantitative estimate of drug-likeness (QED) is 0.712. The van der Waals surface area contributed by atoms with Crippen molar-refractivity contribution in [3.8, 4) is 0 Å². The molecule has 0 saturated carbocycles. The number of hydrogen-bond acceptors (Lipinski definition) is 5. The van der Waals surface area contributed by atoms with E-state index < -0.39 is 27.8 Å². The van der Waals surface area contributed by atoms with Crippen LogP contribution < -0.4 is 0 Å². The normalized spacial score (nSPS) is 28.0. The van der Waals surface area contributed by atoms with Gasteiger partial charge in [0, 0.05) is 26.7 Å². The van der Waals surface area contributed by atoms with Crippen LogP contribution in [0.3, 0.4) is 0 Å². The summed E-state index contributed by atoms with van der Waals surface area (Å²) < 4.78 is 39.3. The molecule has 2 atom stereocenters. The number of nitrogens with zero attached hydrogens (tertiary/aromatic N) is 2. The van der Waals surface area contributed by atoms with Crippen molar-refractivity contribution in [1.82, 2.24) is 8.61 Å². The first-order chi connectivity index (χ1) is 10.6. The Morgan fingerprint density at radius 2 is 1.78 bits per heavy atom. The fourth-order valence-corrected chi connectivity index (χ4v) is 4.96. The Hall–Kier alpha value is -0.700. The molecule has 0 amide bonds. The number of hydrogen-bond donors (Lipinski definition) is 0. The molecule has 0 N–H and O–H groups in total. The number of esters is 1. The van der Waals surface area contributed by atoms with Crippen molar-refractivity contribution in [1.29, 1.82) is 0 Å². The van der Waals surface area contributed by atoms with Crippen LogP contribution in [0.15, 0.2) is 0 Å². The lowest BCUT2D eigenvalue weighted by Gasteiger charge is -2.35. The van der Waals surface area contributed by atoms with Crippen molar-refractivity contribution in [2.75, 3.05) is 26.7 Å². The van der Waals surface area contributed by atoms with Gasteiger partial charge in [-0.2, -0.15) is 17.0 Å². The van der Waals surface area contributed by atoms with Gasteiger partial charge in [-0.15, -0.1) is 0 Å². The van der Waals surface area contributed by atoms with Gasteiger partial charge < -0.3 is 9.47 Å². The second-order valence-corrected chi connectivity index (χ2v) is 9.05.